The Hall–Kier alpha value is -1.22. The van der Waals surface area contributed by atoms with Gasteiger partial charge in [0.15, 0.2) is 0 Å². The fourth-order valence-corrected chi connectivity index (χ4v) is 2.30. The summed E-state index contributed by atoms with van der Waals surface area (Å²) >= 11 is 0. The van der Waals surface area contributed by atoms with Gasteiger partial charge < -0.3 is 15.0 Å². The van der Waals surface area contributed by atoms with E-state index in [0.29, 0.717) is 6.04 Å². The summed E-state index contributed by atoms with van der Waals surface area (Å²) in [7, 11) is 5.97. The van der Waals surface area contributed by atoms with Crippen LogP contribution in [0.3, 0.4) is 0 Å². The molecule has 3 heteroatoms. The van der Waals surface area contributed by atoms with Crippen LogP contribution in [0, 0.1) is 0 Å². The maximum atomic E-state index is 5.25. The van der Waals surface area contributed by atoms with Gasteiger partial charge in [-0.1, -0.05) is 0 Å². The molecule has 0 saturated carbocycles. The van der Waals surface area contributed by atoms with Crippen molar-refractivity contribution < 1.29 is 4.74 Å². The monoisotopic (exact) mass is 234 g/mol. The first-order valence-corrected chi connectivity index (χ1v) is 6.27. The highest BCUT2D eigenvalue weighted by atomic mass is 16.5. The number of anilines is 1. The molecule has 17 heavy (non-hydrogen) atoms. The fourth-order valence-electron chi connectivity index (χ4n) is 2.30. The van der Waals surface area contributed by atoms with Crippen LogP contribution in [0.15, 0.2) is 18.2 Å². The first kappa shape index (κ1) is 12.2. The lowest BCUT2D eigenvalue weighted by Crippen LogP contribution is -2.29. The van der Waals surface area contributed by atoms with Crippen molar-refractivity contribution in [3.05, 3.63) is 23.8 Å². The van der Waals surface area contributed by atoms with E-state index in [9.17, 15) is 0 Å². The number of benzene rings is 1. The number of hydrogen-bond donors (Lipinski definition) is 1. The molecule has 1 unspecified atom stereocenters. The third-order valence-corrected chi connectivity index (χ3v) is 3.36. The molecule has 0 bridgehead atoms. The van der Waals surface area contributed by atoms with Crippen LogP contribution < -0.4 is 10.1 Å². The number of methoxy groups -OCH3 is 1. The van der Waals surface area contributed by atoms with E-state index in [1.165, 1.54) is 24.1 Å². The van der Waals surface area contributed by atoms with Crippen LogP contribution in [0.5, 0.6) is 5.75 Å². The highest BCUT2D eigenvalue weighted by molar-refractivity contribution is 5.56. The molecule has 1 aromatic rings. The van der Waals surface area contributed by atoms with Crippen molar-refractivity contribution >= 4 is 5.69 Å². The molecule has 1 aliphatic rings. The average molecular weight is 234 g/mol. The Morgan fingerprint density at radius 1 is 1.41 bits per heavy atom. The molecule has 0 spiro atoms. The van der Waals surface area contributed by atoms with Crippen LogP contribution in [-0.4, -0.2) is 38.7 Å². The summed E-state index contributed by atoms with van der Waals surface area (Å²) in [6.07, 6.45) is 3.57. The smallest absolute Gasteiger partial charge is 0.119 e. The molecule has 0 saturated heterocycles. The van der Waals surface area contributed by atoms with Crippen molar-refractivity contribution in [2.75, 3.05) is 33.1 Å². The Bertz CT molecular complexity index is 376. The second-order valence-electron chi connectivity index (χ2n) is 4.99. The molecular formula is C14H22N2O. The normalized spacial score (nSPS) is 18.7. The SMILES string of the molecule is COc1ccc2c(c1)CCC(CCN(C)C)N2. The van der Waals surface area contributed by atoms with Gasteiger partial charge in [-0.15, -0.1) is 0 Å². The maximum Gasteiger partial charge on any atom is 0.119 e. The number of nitrogens with zero attached hydrogens (tertiary/aromatic N) is 1. The number of rotatable bonds is 4. The minimum absolute atomic E-state index is 0.610. The van der Waals surface area contributed by atoms with Gasteiger partial charge in [0.2, 0.25) is 0 Å². The quantitative estimate of drug-likeness (QED) is 0.865. The summed E-state index contributed by atoms with van der Waals surface area (Å²) in [5.74, 6) is 0.956. The fraction of sp³-hybridized carbons (Fsp3) is 0.571. The van der Waals surface area contributed by atoms with Crippen molar-refractivity contribution in [2.24, 2.45) is 0 Å². The van der Waals surface area contributed by atoms with Gasteiger partial charge in [-0.2, -0.15) is 0 Å². The number of aryl methyl sites for hydroxylation is 1. The molecule has 0 fully saturated rings. The summed E-state index contributed by atoms with van der Waals surface area (Å²) in [4.78, 5) is 2.24. The van der Waals surface area contributed by atoms with E-state index >= 15 is 0 Å². The van der Waals surface area contributed by atoms with Crippen molar-refractivity contribution in [1.82, 2.24) is 4.90 Å². The molecule has 1 N–H and O–H groups in total. The largest absolute Gasteiger partial charge is 0.497 e. The molecule has 1 heterocycles. The van der Waals surface area contributed by atoms with Crippen molar-refractivity contribution in [3.8, 4) is 5.75 Å². The molecule has 3 nitrogen and oxygen atoms in total. The van der Waals surface area contributed by atoms with Gasteiger partial charge >= 0.3 is 0 Å². The van der Waals surface area contributed by atoms with Crippen LogP contribution in [0.2, 0.25) is 0 Å². The topological polar surface area (TPSA) is 24.5 Å². The van der Waals surface area contributed by atoms with Gasteiger partial charge in [-0.25, -0.2) is 0 Å². The predicted molar refractivity (Wildman–Crippen MR) is 71.9 cm³/mol. The van der Waals surface area contributed by atoms with E-state index in [0.717, 1.165) is 18.7 Å². The van der Waals surface area contributed by atoms with E-state index in [4.69, 9.17) is 4.74 Å². The molecule has 0 aromatic heterocycles. The average Bonchev–Trinajstić information content (AvgIpc) is 2.35. The Labute approximate surface area is 104 Å². The van der Waals surface area contributed by atoms with Crippen LogP contribution in [0.25, 0.3) is 0 Å². The third kappa shape index (κ3) is 3.13. The second-order valence-corrected chi connectivity index (χ2v) is 4.99. The summed E-state index contributed by atoms with van der Waals surface area (Å²) in [5, 5.41) is 3.62. The summed E-state index contributed by atoms with van der Waals surface area (Å²) in [6, 6.07) is 6.92. The molecule has 0 amide bonds. The van der Waals surface area contributed by atoms with E-state index in [2.05, 4.69) is 36.4 Å². The standard InChI is InChI=1S/C14H22N2O/c1-16(2)9-8-12-5-4-11-10-13(17-3)6-7-14(11)15-12/h6-7,10,12,15H,4-5,8-9H2,1-3H3. The summed E-state index contributed by atoms with van der Waals surface area (Å²) in [5.41, 5.74) is 2.66. The van der Waals surface area contributed by atoms with Gasteiger partial charge in [-0.05, 0) is 63.7 Å². The Balaban J connectivity index is 1.99. The van der Waals surface area contributed by atoms with Crippen LogP contribution in [0.1, 0.15) is 18.4 Å². The lowest BCUT2D eigenvalue weighted by molar-refractivity contribution is 0.379. The molecule has 94 valence electrons. The summed E-state index contributed by atoms with van der Waals surface area (Å²) < 4.78 is 5.25. The van der Waals surface area contributed by atoms with Crippen LogP contribution in [-0.2, 0) is 6.42 Å². The van der Waals surface area contributed by atoms with Gasteiger partial charge in [0.25, 0.3) is 0 Å². The highest BCUT2D eigenvalue weighted by Gasteiger charge is 2.17. The second kappa shape index (κ2) is 5.41. The number of nitrogens with one attached hydrogen (secondary N) is 1. The van der Waals surface area contributed by atoms with Gasteiger partial charge in [0, 0.05) is 11.7 Å². The van der Waals surface area contributed by atoms with Crippen molar-refractivity contribution in [1.29, 1.82) is 0 Å². The first-order chi connectivity index (χ1) is 8.19. The zero-order chi connectivity index (χ0) is 12.3. The minimum atomic E-state index is 0.610. The van der Waals surface area contributed by atoms with Gasteiger partial charge in [0.1, 0.15) is 5.75 Å². The number of ether oxygens (including phenoxy) is 1. The number of fused-ring (bicyclic) bond motifs is 1. The van der Waals surface area contributed by atoms with Gasteiger partial charge in [0.05, 0.1) is 7.11 Å². The van der Waals surface area contributed by atoms with E-state index in [1.54, 1.807) is 7.11 Å². The summed E-state index contributed by atoms with van der Waals surface area (Å²) in [6.45, 7) is 1.14. The third-order valence-electron chi connectivity index (χ3n) is 3.36. The lowest BCUT2D eigenvalue weighted by Gasteiger charge is -2.28. The van der Waals surface area contributed by atoms with Crippen LogP contribution >= 0.6 is 0 Å². The van der Waals surface area contributed by atoms with Crippen LogP contribution in [0.4, 0.5) is 5.69 Å². The minimum Gasteiger partial charge on any atom is -0.497 e. The van der Waals surface area contributed by atoms with Gasteiger partial charge in [-0.3, -0.25) is 0 Å². The molecule has 1 aromatic carbocycles. The van der Waals surface area contributed by atoms with Crippen molar-refractivity contribution in [2.45, 2.75) is 25.3 Å². The molecule has 0 aliphatic carbocycles. The molecule has 1 aliphatic heterocycles. The molecule has 0 radical (unpaired) electrons. The van der Waals surface area contributed by atoms with E-state index < -0.39 is 0 Å². The Morgan fingerprint density at radius 3 is 2.94 bits per heavy atom. The predicted octanol–water partition coefficient (Wildman–Crippen LogP) is 2.37. The van der Waals surface area contributed by atoms with E-state index in [1.807, 2.05) is 6.07 Å². The van der Waals surface area contributed by atoms with Crippen molar-refractivity contribution in [3.63, 3.8) is 0 Å². The maximum absolute atomic E-state index is 5.25. The number of hydrogen-bond acceptors (Lipinski definition) is 3. The molecule has 2 rings (SSSR count). The molecule has 1 atom stereocenters. The van der Waals surface area contributed by atoms with E-state index in [-0.39, 0.29) is 0 Å². The lowest BCUT2D eigenvalue weighted by atomic mass is 9.96. The highest BCUT2D eigenvalue weighted by Crippen LogP contribution is 2.29. The zero-order valence-corrected chi connectivity index (χ0v) is 11.0. The Kier molecular flexibility index (Phi) is 3.89. The molecular weight excluding hydrogens is 212 g/mol. The first-order valence-electron chi connectivity index (χ1n) is 6.27. The Morgan fingerprint density at radius 2 is 2.24 bits per heavy atom. The zero-order valence-electron chi connectivity index (χ0n) is 11.0.